The van der Waals surface area contributed by atoms with Crippen LogP contribution in [0.4, 0.5) is 0 Å². The largest absolute Gasteiger partial charge is 0.382 e. The summed E-state index contributed by atoms with van der Waals surface area (Å²) < 4.78 is 0. The van der Waals surface area contributed by atoms with Gasteiger partial charge >= 0.3 is 0 Å². The zero-order valence-corrected chi connectivity index (χ0v) is 15.4. The van der Waals surface area contributed by atoms with Crippen molar-refractivity contribution < 1.29 is 4.79 Å². The zero-order valence-electron chi connectivity index (χ0n) is 13.4. The van der Waals surface area contributed by atoms with Gasteiger partial charge in [-0.2, -0.15) is 0 Å². The second-order valence-corrected chi connectivity index (χ2v) is 16.0. The number of carbonyl (C=O) groups excluding carboxylic acids is 1. The van der Waals surface area contributed by atoms with Crippen molar-refractivity contribution in [2.75, 3.05) is 0 Å². The van der Waals surface area contributed by atoms with E-state index in [0.29, 0.717) is 5.91 Å². The Morgan fingerprint density at radius 3 is 1.44 bits per heavy atom. The maximum absolute atomic E-state index is 12.4. The minimum absolute atomic E-state index is 0.365. The van der Waals surface area contributed by atoms with E-state index in [1.807, 2.05) is 0 Å². The van der Waals surface area contributed by atoms with Gasteiger partial charge in [-0.3, -0.25) is 4.79 Å². The van der Waals surface area contributed by atoms with E-state index in [1.54, 1.807) is 0 Å². The van der Waals surface area contributed by atoms with Crippen molar-refractivity contribution in [1.82, 2.24) is 4.98 Å². The molecule has 0 aliphatic carbocycles. The molecule has 18 heavy (non-hydrogen) atoms. The maximum atomic E-state index is 12.4. The van der Waals surface area contributed by atoms with Crippen LogP contribution in [0.5, 0.6) is 0 Å². The molecule has 1 amide bonds. The molecule has 0 bridgehead atoms. The van der Waals surface area contributed by atoms with E-state index in [-0.39, 0.29) is 0 Å². The summed E-state index contributed by atoms with van der Waals surface area (Å²) in [6.07, 6.45) is 0. The van der Waals surface area contributed by atoms with Gasteiger partial charge in [0.05, 0.1) is 8.07 Å². The molecule has 0 aliphatic heterocycles. The lowest BCUT2D eigenvalue weighted by Crippen LogP contribution is -2.53. The average molecular weight is 288 g/mol. The van der Waals surface area contributed by atoms with Crippen LogP contribution in [0.25, 0.3) is 0 Å². The summed E-state index contributed by atoms with van der Waals surface area (Å²) >= 11 is 0. The molecule has 0 radical (unpaired) electrons. The van der Waals surface area contributed by atoms with Crippen LogP contribution in [0.15, 0.2) is 0 Å². The van der Waals surface area contributed by atoms with Crippen LogP contribution < -0.4 is 4.98 Å². The number of rotatable bonds is 9. The van der Waals surface area contributed by atoms with Crippen LogP contribution >= 0.6 is 0 Å². The summed E-state index contributed by atoms with van der Waals surface area (Å²) in [5.41, 5.74) is 0. The fourth-order valence-electron chi connectivity index (χ4n) is 2.82. The van der Waals surface area contributed by atoms with Crippen LogP contribution in [0.1, 0.15) is 41.5 Å². The average Bonchev–Trinajstić information content (AvgIpc) is 2.42. The fourth-order valence-corrected chi connectivity index (χ4v) is 8.73. The van der Waals surface area contributed by atoms with Gasteiger partial charge in [-0.1, -0.05) is 59.7 Å². The van der Waals surface area contributed by atoms with Gasteiger partial charge in [-0.15, -0.1) is 0 Å². The van der Waals surface area contributed by atoms with Gasteiger partial charge in [0.2, 0.25) is 5.91 Å². The lowest BCUT2D eigenvalue weighted by Gasteiger charge is -2.32. The van der Waals surface area contributed by atoms with Crippen LogP contribution in [0.3, 0.4) is 0 Å². The summed E-state index contributed by atoms with van der Waals surface area (Å²) in [5, 5.41) is 0. The van der Waals surface area contributed by atoms with Gasteiger partial charge < -0.3 is 4.98 Å². The lowest BCUT2D eigenvalue weighted by atomic mass is 10.7. The lowest BCUT2D eigenvalue weighted by molar-refractivity contribution is -0.117. The van der Waals surface area contributed by atoms with Crippen molar-refractivity contribution in [2.24, 2.45) is 0 Å². The molecule has 1 N–H and O–H groups in total. The molecule has 0 aromatic carbocycles. The highest BCUT2D eigenvalue weighted by Crippen LogP contribution is 2.26. The first-order valence-corrected chi connectivity index (χ1v) is 13.2. The Morgan fingerprint density at radius 2 is 1.17 bits per heavy atom. The number of amides is 1. The molecular weight excluding hydrogens is 254 g/mol. The molecule has 0 unspecified atom stereocenters. The number of hydrogen-bond donors (Lipinski definition) is 1. The molecule has 0 saturated heterocycles. The van der Waals surface area contributed by atoms with Crippen LogP contribution in [0.2, 0.25) is 42.3 Å². The second kappa shape index (κ2) is 8.15. The first-order chi connectivity index (χ1) is 8.46. The Bertz CT molecular complexity index is 208. The number of hydrogen-bond acceptors (Lipinski definition) is 1. The number of carbonyl (C=O) groups is 1. The molecule has 0 saturated carbocycles. The molecule has 0 fully saturated rings. The molecule has 0 aromatic rings. The Balaban J connectivity index is 4.67. The van der Waals surface area contributed by atoms with Gasteiger partial charge in [-0.25, -0.2) is 0 Å². The third-order valence-corrected chi connectivity index (χ3v) is 15.7. The minimum Gasteiger partial charge on any atom is -0.382 e. The third kappa shape index (κ3) is 4.54. The Morgan fingerprint density at radius 1 is 0.778 bits per heavy atom. The van der Waals surface area contributed by atoms with E-state index in [0.717, 1.165) is 6.04 Å². The monoisotopic (exact) mass is 287 g/mol. The highest BCUT2D eigenvalue weighted by atomic mass is 28.3. The highest BCUT2D eigenvalue weighted by Gasteiger charge is 2.34. The minimum atomic E-state index is -1.50. The van der Waals surface area contributed by atoms with Crippen molar-refractivity contribution in [3.05, 3.63) is 0 Å². The van der Waals surface area contributed by atoms with Crippen LogP contribution in [0, 0.1) is 0 Å². The molecular formula is C14H33NOSi2. The van der Waals surface area contributed by atoms with Crippen molar-refractivity contribution in [3.8, 4) is 0 Å². The zero-order chi connectivity index (χ0) is 14.2. The number of nitrogens with one attached hydrogen (secondary N) is 1. The summed E-state index contributed by atoms with van der Waals surface area (Å²) in [4.78, 5) is 15.9. The van der Waals surface area contributed by atoms with E-state index in [1.165, 1.54) is 36.3 Å². The van der Waals surface area contributed by atoms with Gasteiger partial charge in [0.1, 0.15) is 0 Å². The molecule has 108 valence electrons. The molecule has 0 rings (SSSR count). The van der Waals surface area contributed by atoms with Crippen molar-refractivity contribution in [2.45, 2.75) is 83.9 Å². The summed E-state index contributed by atoms with van der Waals surface area (Å²) in [5.74, 6) is 0.365. The van der Waals surface area contributed by atoms with Crippen LogP contribution in [-0.2, 0) is 4.79 Å². The quantitative estimate of drug-likeness (QED) is 0.616. The van der Waals surface area contributed by atoms with Gasteiger partial charge in [0.15, 0.2) is 8.24 Å². The van der Waals surface area contributed by atoms with E-state index in [2.05, 4.69) is 46.5 Å². The molecule has 0 spiro atoms. The van der Waals surface area contributed by atoms with Gasteiger partial charge in [0.25, 0.3) is 0 Å². The first kappa shape index (κ1) is 17.9. The van der Waals surface area contributed by atoms with Crippen molar-refractivity contribution in [1.29, 1.82) is 0 Å². The SMILES string of the molecule is CC[Si](CC)(CC)CC(=O)N[Si](CC)(CC)CC. The smallest absolute Gasteiger partial charge is 0.209 e. The Kier molecular flexibility index (Phi) is 8.11. The summed E-state index contributed by atoms with van der Waals surface area (Å²) in [7, 11) is -2.80. The molecule has 0 heterocycles. The second-order valence-electron chi connectivity index (χ2n) is 5.63. The Labute approximate surface area is 116 Å². The highest BCUT2D eigenvalue weighted by molar-refractivity contribution is 6.84. The van der Waals surface area contributed by atoms with Gasteiger partial charge in [0, 0.05) is 6.04 Å². The van der Waals surface area contributed by atoms with E-state index in [4.69, 9.17) is 0 Å². The molecule has 4 heteroatoms. The predicted octanol–water partition coefficient (Wildman–Crippen LogP) is 4.62. The summed E-state index contributed by atoms with van der Waals surface area (Å²) in [6, 6.07) is 8.09. The Hall–Kier alpha value is -0.0962. The molecule has 2 nitrogen and oxygen atoms in total. The molecule has 0 aliphatic rings. The van der Waals surface area contributed by atoms with E-state index < -0.39 is 16.3 Å². The standard InChI is InChI=1S/C14H33NOSi2/c1-7-17(8-2,9-3)13-14(16)15-18(10-4,11-5)12-6/h7-13H2,1-6H3,(H,15,16). The predicted molar refractivity (Wildman–Crippen MR) is 87.3 cm³/mol. The van der Waals surface area contributed by atoms with Gasteiger partial charge in [-0.05, 0) is 18.1 Å². The first-order valence-electron chi connectivity index (χ1n) is 7.78. The summed E-state index contributed by atoms with van der Waals surface area (Å²) in [6.45, 7) is 13.5. The van der Waals surface area contributed by atoms with Crippen molar-refractivity contribution in [3.63, 3.8) is 0 Å². The molecule has 0 atom stereocenters. The fraction of sp³-hybridized carbons (Fsp3) is 0.929. The molecule has 0 aromatic heterocycles. The maximum Gasteiger partial charge on any atom is 0.209 e. The van der Waals surface area contributed by atoms with Crippen molar-refractivity contribution >= 4 is 22.2 Å². The third-order valence-electron chi connectivity index (χ3n) is 5.22. The van der Waals surface area contributed by atoms with E-state index >= 15 is 0 Å². The normalized spacial score (nSPS) is 12.6. The van der Waals surface area contributed by atoms with Crippen LogP contribution in [-0.4, -0.2) is 22.2 Å². The topological polar surface area (TPSA) is 29.1 Å². The van der Waals surface area contributed by atoms with E-state index in [9.17, 15) is 4.79 Å².